The standard InChI is InChI=1S/C10H11N3O4/c11-3-4-12-8-5-7(13(15)16)1-2-9(8)17-6-10(12)14/h1-2,5H,3-4,6,11H2. The Hall–Kier alpha value is -2.15. The molecule has 90 valence electrons. The lowest BCUT2D eigenvalue weighted by Crippen LogP contribution is -2.41. The maximum absolute atomic E-state index is 11.6. The summed E-state index contributed by atoms with van der Waals surface area (Å²) in [5, 5.41) is 10.7. The molecule has 0 bridgehead atoms. The zero-order valence-electron chi connectivity index (χ0n) is 8.96. The van der Waals surface area contributed by atoms with Crippen molar-refractivity contribution in [3.05, 3.63) is 28.3 Å². The van der Waals surface area contributed by atoms with Crippen LogP contribution < -0.4 is 15.4 Å². The number of nitro benzene ring substituents is 1. The Morgan fingerprint density at radius 3 is 2.94 bits per heavy atom. The molecular formula is C10H11N3O4. The molecule has 0 atom stereocenters. The Labute approximate surface area is 96.9 Å². The van der Waals surface area contributed by atoms with Crippen molar-refractivity contribution in [3.63, 3.8) is 0 Å². The molecule has 1 aliphatic rings. The maximum atomic E-state index is 11.6. The van der Waals surface area contributed by atoms with Crippen LogP contribution in [0.5, 0.6) is 5.75 Å². The van der Waals surface area contributed by atoms with Crippen LogP contribution in [0.2, 0.25) is 0 Å². The first kappa shape index (κ1) is 11.3. The second kappa shape index (κ2) is 4.38. The first-order valence-electron chi connectivity index (χ1n) is 5.05. The lowest BCUT2D eigenvalue weighted by molar-refractivity contribution is -0.384. The predicted molar refractivity (Wildman–Crippen MR) is 60.0 cm³/mol. The molecule has 0 radical (unpaired) electrons. The Bertz CT molecular complexity index is 475. The van der Waals surface area contributed by atoms with Crippen molar-refractivity contribution in [3.8, 4) is 5.75 Å². The number of fused-ring (bicyclic) bond motifs is 1. The van der Waals surface area contributed by atoms with Crippen LogP contribution in [0.25, 0.3) is 0 Å². The van der Waals surface area contributed by atoms with Gasteiger partial charge in [-0.25, -0.2) is 0 Å². The monoisotopic (exact) mass is 237 g/mol. The topological polar surface area (TPSA) is 98.7 Å². The van der Waals surface area contributed by atoms with Gasteiger partial charge in [0.2, 0.25) is 0 Å². The molecule has 0 spiro atoms. The minimum atomic E-state index is -0.514. The largest absolute Gasteiger partial charge is 0.482 e. The quantitative estimate of drug-likeness (QED) is 0.601. The second-order valence-corrected chi connectivity index (χ2v) is 3.53. The van der Waals surface area contributed by atoms with Crippen molar-refractivity contribution in [1.29, 1.82) is 0 Å². The van der Waals surface area contributed by atoms with Crippen LogP contribution in [0.3, 0.4) is 0 Å². The van der Waals surface area contributed by atoms with E-state index in [1.54, 1.807) is 0 Å². The minimum Gasteiger partial charge on any atom is -0.482 e. The summed E-state index contributed by atoms with van der Waals surface area (Å²) < 4.78 is 5.19. The van der Waals surface area contributed by atoms with E-state index in [0.29, 0.717) is 18.0 Å². The molecule has 0 unspecified atom stereocenters. The van der Waals surface area contributed by atoms with E-state index in [1.807, 2.05) is 0 Å². The fraction of sp³-hybridized carbons (Fsp3) is 0.300. The summed E-state index contributed by atoms with van der Waals surface area (Å²) >= 11 is 0. The van der Waals surface area contributed by atoms with E-state index >= 15 is 0 Å². The Morgan fingerprint density at radius 1 is 1.53 bits per heavy atom. The molecule has 17 heavy (non-hydrogen) atoms. The second-order valence-electron chi connectivity index (χ2n) is 3.53. The molecule has 0 fully saturated rings. The molecule has 1 amide bonds. The molecule has 7 heteroatoms. The van der Waals surface area contributed by atoms with Gasteiger partial charge in [0.05, 0.1) is 10.6 Å². The molecule has 0 aliphatic carbocycles. The molecule has 1 heterocycles. The van der Waals surface area contributed by atoms with Crippen LogP contribution >= 0.6 is 0 Å². The third-order valence-corrected chi connectivity index (χ3v) is 2.45. The van der Waals surface area contributed by atoms with Gasteiger partial charge in [-0.3, -0.25) is 14.9 Å². The van der Waals surface area contributed by atoms with Gasteiger partial charge >= 0.3 is 0 Å². The smallest absolute Gasteiger partial charge is 0.271 e. The molecule has 1 aromatic carbocycles. The summed E-state index contributed by atoms with van der Waals surface area (Å²) in [6.45, 7) is 0.537. The van der Waals surface area contributed by atoms with Crippen LogP contribution in [0, 0.1) is 10.1 Å². The van der Waals surface area contributed by atoms with E-state index in [1.165, 1.54) is 23.1 Å². The van der Waals surface area contributed by atoms with Crippen molar-refractivity contribution >= 4 is 17.3 Å². The number of nitrogens with two attached hydrogens (primary N) is 1. The number of carbonyl (C=O) groups is 1. The zero-order chi connectivity index (χ0) is 12.4. The van der Waals surface area contributed by atoms with E-state index in [-0.39, 0.29) is 24.7 Å². The van der Waals surface area contributed by atoms with Crippen molar-refractivity contribution in [1.82, 2.24) is 0 Å². The third kappa shape index (κ3) is 2.04. The third-order valence-electron chi connectivity index (χ3n) is 2.45. The molecule has 0 aromatic heterocycles. The van der Waals surface area contributed by atoms with Crippen molar-refractivity contribution < 1.29 is 14.5 Å². The first-order valence-corrected chi connectivity index (χ1v) is 5.05. The molecule has 1 aromatic rings. The fourth-order valence-corrected chi connectivity index (χ4v) is 1.68. The average molecular weight is 237 g/mol. The summed E-state index contributed by atoms with van der Waals surface area (Å²) in [4.78, 5) is 23.2. The summed E-state index contributed by atoms with van der Waals surface area (Å²) in [6, 6.07) is 4.15. The van der Waals surface area contributed by atoms with E-state index in [4.69, 9.17) is 10.5 Å². The van der Waals surface area contributed by atoms with Gasteiger partial charge in [-0.2, -0.15) is 0 Å². The molecule has 2 N–H and O–H groups in total. The number of hydrogen-bond donors (Lipinski definition) is 1. The summed E-state index contributed by atoms with van der Waals surface area (Å²) in [7, 11) is 0. The molecule has 7 nitrogen and oxygen atoms in total. The summed E-state index contributed by atoms with van der Waals surface area (Å²) in [6.07, 6.45) is 0. The molecule has 0 saturated heterocycles. The molecule has 1 aliphatic heterocycles. The van der Waals surface area contributed by atoms with Gasteiger partial charge in [0.25, 0.3) is 11.6 Å². The number of anilines is 1. The molecule has 2 rings (SSSR count). The van der Waals surface area contributed by atoms with Gasteiger partial charge < -0.3 is 15.4 Å². The normalized spacial score (nSPS) is 14.2. The fourth-order valence-electron chi connectivity index (χ4n) is 1.68. The summed E-state index contributed by atoms with van der Waals surface area (Å²) in [5.41, 5.74) is 5.73. The van der Waals surface area contributed by atoms with E-state index in [0.717, 1.165) is 0 Å². The van der Waals surface area contributed by atoms with Gasteiger partial charge in [-0.15, -0.1) is 0 Å². The number of carbonyl (C=O) groups excluding carboxylic acids is 1. The Kier molecular flexibility index (Phi) is 2.92. The number of rotatable bonds is 3. The zero-order valence-corrected chi connectivity index (χ0v) is 8.96. The van der Waals surface area contributed by atoms with Crippen molar-refractivity contribution in [2.45, 2.75) is 0 Å². The Balaban J connectivity index is 2.44. The Morgan fingerprint density at radius 2 is 2.29 bits per heavy atom. The van der Waals surface area contributed by atoms with E-state index in [2.05, 4.69) is 0 Å². The lowest BCUT2D eigenvalue weighted by atomic mass is 10.2. The number of hydrogen-bond acceptors (Lipinski definition) is 5. The summed E-state index contributed by atoms with van der Waals surface area (Å²) in [5.74, 6) is 0.215. The maximum Gasteiger partial charge on any atom is 0.271 e. The van der Waals surface area contributed by atoms with Crippen molar-refractivity contribution in [2.75, 3.05) is 24.6 Å². The van der Waals surface area contributed by atoms with Crippen LogP contribution in [0.15, 0.2) is 18.2 Å². The van der Waals surface area contributed by atoms with Gasteiger partial charge in [0.1, 0.15) is 5.75 Å². The van der Waals surface area contributed by atoms with Crippen LogP contribution in [0.1, 0.15) is 0 Å². The number of ether oxygens (including phenoxy) is 1. The number of nitro groups is 1. The first-order chi connectivity index (χ1) is 8.13. The van der Waals surface area contributed by atoms with Crippen LogP contribution in [0.4, 0.5) is 11.4 Å². The number of benzene rings is 1. The van der Waals surface area contributed by atoms with E-state index in [9.17, 15) is 14.9 Å². The number of amides is 1. The molecule has 0 saturated carbocycles. The number of non-ortho nitro benzene ring substituents is 1. The van der Waals surface area contributed by atoms with Crippen LogP contribution in [-0.2, 0) is 4.79 Å². The SMILES string of the molecule is NCCN1C(=O)COc2ccc([N+](=O)[O-])cc21. The minimum absolute atomic E-state index is 0.0647. The van der Waals surface area contributed by atoms with Crippen molar-refractivity contribution in [2.24, 2.45) is 5.73 Å². The highest BCUT2D eigenvalue weighted by atomic mass is 16.6. The van der Waals surface area contributed by atoms with Gasteiger partial charge in [-0.05, 0) is 6.07 Å². The van der Waals surface area contributed by atoms with Gasteiger partial charge in [0.15, 0.2) is 6.61 Å². The molecular weight excluding hydrogens is 226 g/mol. The highest BCUT2D eigenvalue weighted by molar-refractivity contribution is 5.98. The highest BCUT2D eigenvalue weighted by Gasteiger charge is 2.26. The van der Waals surface area contributed by atoms with E-state index < -0.39 is 4.92 Å². The average Bonchev–Trinajstić information content (AvgIpc) is 2.32. The number of nitrogens with zero attached hydrogens (tertiary/aromatic N) is 2. The highest BCUT2D eigenvalue weighted by Crippen LogP contribution is 2.34. The lowest BCUT2D eigenvalue weighted by Gasteiger charge is -2.28. The predicted octanol–water partition coefficient (Wildman–Crippen LogP) is 0.279. The van der Waals surface area contributed by atoms with Crippen LogP contribution in [-0.4, -0.2) is 30.5 Å². The van der Waals surface area contributed by atoms with Gasteiger partial charge in [-0.1, -0.05) is 0 Å². The van der Waals surface area contributed by atoms with Gasteiger partial charge in [0, 0.05) is 25.2 Å².